The highest BCUT2D eigenvalue weighted by Crippen LogP contribution is 2.64. The van der Waals surface area contributed by atoms with E-state index in [0.29, 0.717) is 40.4 Å². The maximum Gasteiger partial charge on any atom is 0.417 e. The minimum Gasteiger partial charge on any atom is -0.508 e. The van der Waals surface area contributed by atoms with Crippen LogP contribution < -0.4 is 5.43 Å². The number of rotatable bonds is 7. The SMILES string of the molecule is O=C1[C@H]2[C@H](CC=C3[C@H]2C[C@H]2C(=O)N(Nc4ncc(C(F)(F)F)cc4Cl)C(=O)[C@@]2(c2ccc(Cl)cc2)[C@H]3c2ccc(O)cc2)C(=O)N1CCc1ccc(O)cc1. The number of halogens is 5. The van der Waals surface area contributed by atoms with Crippen molar-refractivity contribution in [3.05, 3.63) is 129 Å². The van der Waals surface area contributed by atoms with Gasteiger partial charge < -0.3 is 10.2 Å². The molecule has 15 heteroatoms. The zero-order valence-electron chi connectivity index (χ0n) is 28.6. The van der Waals surface area contributed by atoms with Crippen LogP contribution in [0.1, 0.15) is 41.0 Å². The van der Waals surface area contributed by atoms with E-state index in [1.807, 2.05) is 6.08 Å². The Morgan fingerprint density at radius 1 is 0.855 bits per heavy atom. The fraction of sp³-hybridized carbons (Fsp3) is 0.275. The number of pyridine rings is 1. The number of carbonyl (C=O) groups excluding carboxylic acids is 4. The van der Waals surface area contributed by atoms with E-state index in [9.17, 15) is 37.8 Å². The van der Waals surface area contributed by atoms with E-state index in [1.165, 1.54) is 29.2 Å². The van der Waals surface area contributed by atoms with Crippen molar-refractivity contribution in [2.75, 3.05) is 12.0 Å². The summed E-state index contributed by atoms with van der Waals surface area (Å²) in [5, 5.41) is 20.6. The van der Waals surface area contributed by atoms with Crippen molar-refractivity contribution in [2.24, 2.45) is 23.7 Å². The topological polar surface area (TPSA) is 140 Å². The number of likely N-dealkylation sites (tertiary alicyclic amines) is 1. The zero-order valence-corrected chi connectivity index (χ0v) is 30.1. The van der Waals surface area contributed by atoms with Crippen LogP contribution in [0.4, 0.5) is 19.0 Å². The monoisotopic (exact) mass is 790 g/mol. The van der Waals surface area contributed by atoms with E-state index < -0.39 is 63.6 Å². The van der Waals surface area contributed by atoms with Crippen LogP contribution in [0.15, 0.2) is 96.7 Å². The molecule has 6 atom stereocenters. The summed E-state index contributed by atoms with van der Waals surface area (Å²) in [6, 6.07) is 19.7. The van der Waals surface area contributed by atoms with Crippen LogP contribution in [0, 0.1) is 23.7 Å². The van der Waals surface area contributed by atoms with E-state index in [4.69, 9.17) is 23.2 Å². The van der Waals surface area contributed by atoms with Gasteiger partial charge in [-0.2, -0.15) is 18.2 Å². The second-order valence-corrected chi connectivity index (χ2v) is 15.1. The van der Waals surface area contributed by atoms with Crippen molar-refractivity contribution in [3.63, 3.8) is 0 Å². The molecule has 10 nitrogen and oxygen atoms in total. The van der Waals surface area contributed by atoms with Crippen molar-refractivity contribution >= 4 is 52.6 Å². The molecule has 3 fully saturated rings. The number of fused-ring (bicyclic) bond motifs is 4. The Kier molecular flexibility index (Phi) is 8.92. The molecule has 3 heterocycles. The van der Waals surface area contributed by atoms with Crippen molar-refractivity contribution in [3.8, 4) is 11.5 Å². The molecule has 4 amide bonds. The molecule has 0 bridgehead atoms. The third-order valence-electron chi connectivity index (χ3n) is 11.4. The number of benzene rings is 3. The minimum absolute atomic E-state index is 0.0219. The number of carbonyl (C=O) groups is 4. The molecule has 3 aromatic carbocycles. The molecule has 1 saturated carbocycles. The lowest BCUT2D eigenvalue weighted by atomic mass is 9.49. The Labute approximate surface area is 322 Å². The highest BCUT2D eigenvalue weighted by atomic mass is 35.5. The molecular formula is C40H31Cl2F3N4O6. The van der Waals surface area contributed by atoms with Gasteiger partial charge in [-0.15, -0.1) is 0 Å². The molecule has 0 radical (unpaired) electrons. The van der Waals surface area contributed by atoms with Crippen LogP contribution in [0.2, 0.25) is 10.0 Å². The van der Waals surface area contributed by atoms with Gasteiger partial charge in [-0.3, -0.25) is 29.5 Å². The van der Waals surface area contributed by atoms with Crippen LogP contribution in [0.3, 0.4) is 0 Å². The van der Waals surface area contributed by atoms with Crippen molar-refractivity contribution < 1.29 is 42.6 Å². The lowest BCUT2D eigenvalue weighted by molar-refractivity contribution is -0.141. The van der Waals surface area contributed by atoms with Gasteiger partial charge in [0.25, 0.3) is 11.8 Å². The summed E-state index contributed by atoms with van der Waals surface area (Å²) in [7, 11) is 0. The maximum absolute atomic E-state index is 15.2. The Morgan fingerprint density at radius 3 is 2.15 bits per heavy atom. The van der Waals surface area contributed by atoms with Gasteiger partial charge in [0.05, 0.1) is 33.8 Å². The summed E-state index contributed by atoms with van der Waals surface area (Å²) in [4.78, 5) is 63.3. The van der Waals surface area contributed by atoms with Crippen molar-refractivity contribution in [2.45, 2.75) is 36.8 Å². The molecule has 8 rings (SSSR count). The average Bonchev–Trinajstić information content (AvgIpc) is 3.52. The summed E-state index contributed by atoms with van der Waals surface area (Å²) in [5.41, 5.74) is 2.24. The highest BCUT2D eigenvalue weighted by Gasteiger charge is 2.70. The number of nitrogens with one attached hydrogen (secondary N) is 1. The minimum atomic E-state index is -4.75. The van der Waals surface area contributed by atoms with Crippen LogP contribution in [-0.4, -0.2) is 55.3 Å². The number of alkyl halides is 3. The fourth-order valence-electron chi connectivity index (χ4n) is 9.01. The number of amides is 4. The molecule has 2 aliphatic heterocycles. The van der Waals surface area contributed by atoms with Crippen LogP contribution in [-0.2, 0) is 37.2 Å². The molecule has 0 spiro atoms. The van der Waals surface area contributed by atoms with Gasteiger partial charge in [0.2, 0.25) is 11.8 Å². The molecule has 282 valence electrons. The molecule has 55 heavy (non-hydrogen) atoms. The Morgan fingerprint density at radius 2 is 1.51 bits per heavy atom. The van der Waals surface area contributed by atoms with Crippen LogP contribution in [0.25, 0.3) is 0 Å². The number of anilines is 1. The number of phenolic OH excluding ortho intramolecular Hbond substituents is 2. The zero-order chi connectivity index (χ0) is 39.0. The molecule has 1 aromatic heterocycles. The maximum atomic E-state index is 15.2. The fourth-order valence-corrected chi connectivity index (χ4v) is 9.35. The quantitative estimate of drug-likeness (QED) is 0.134. The molecule has 2 saturated heterocycles. The molecule has 0 unspecified atom stereocenters. The van der Waals surface area contributed by atoms with E-state index in [0.717, 1.165) is 10.6 Å². The number of hydrogen-bond acceptors (Lipinski definition) is 8. The number of allylic oxidation sites excluding steroid dienone is 2. The Bertz CT molecular complexity index is 2270. The van der Waals surface area contributed by atoms with Gasteiger partial charge in [0.1, 0.15) is 11.5 Å². The predicted octanol–water partition coefficient (Wildman–Crippen LogP) is 7.05. The van der Waals surface area contributed by atoms with Gasteiger partial charge >= 0.3 is 6.18 Å². The summed E-state index contributed by atoms with van der Waals surface area (Å²) in [5.74, 6) is -6.80. The van der Waals surface area contributed by atoms with Gasteiger partial charge in [-0.25, -0.2) is 4.98 Å². The average molecular weight is 792 g/mol. The molecule has 4 aliphatic rings. The first-order chi connectivity index (χ1) is 26.2. The normalized spacial score (nSPS) is 26.1. The molecule has 4 aromatic rings. The first kappa shape index (κ1) is 36.6. The summed E-state index contributed by atoms with van der Waals surface area (Å²) in [6.45, 7) is 0.104. The van der Waals surface area contributed by atoms with E-state index in [-0.39, 0.29) is 48.5 Å². The lowest BCUT2D eigenvalue weighted by Gasteiger charge is -2.50. The summed E-state index contributed by atoms with van der Waals surface area (Å²) < 4.78 is 40.3. The number of nitrogens with zero attached hydrogens (tertiary/aromatic N) is 3. The number of phenols is 2. The highest BCUT2D eigenvalue weighted by molar-refractivity contribution is 6.33. The summed E-state index contributed by atoms with van der Waals surface area (Å²) >= 11 is 12.5. The van der Waals surface area contributed by atoms with Crippen LogP contribution in [0.5, 0.6) is 11.5 Å². The smallest absolute Gasteiger partial charge is 0.417 e. The Hall–Kier alpha value is -5.40. The van der Waals surface area contributed by atoms with E-state index >= 15 is 4.79 Å². The standard InChI is InChI=1S/C40H31Cl2F3N4O6/c41-24-7-5-22(6-8-24)39-30(36(53)49(38(39)55)47-34-31(42)17-23(19-46-34)40(43,44)45)18-29-27(33(39)21-3-11-26(51)12-4-21)13-14-28-32(29)37(54)48(35(28)52)16-15-20-1-9-25(50)10-2-20/h1-13,17,19,28-30,32-33,50-51H,14-16,18H2,(H,46,47)/t28-,29+,30-,32-,33-,39+/m0/s1. The van der Waals surface area contributed by atoms with E-state index in [2.05, 4.69) is 10.4 Å². The number of hydrazine groups is 1. The predicted molar refractivity (Wildman–Crippen MR) is 194 cm³/mol. The number of aromatic hydroxyl groups is 2. The Balaban J connectivity index is 1.24. The van der Waals surface area contributed by atoms with Gasteiger partial charge in [-0.1, -0.05) is 71.2 Å². The van der Waals surface area contributed by atoms with Crippen molar-refractivity contribution in [1.29, 1.82) is 0 Å². The van der Waals surface area contributed by atoms with Gasteiger partial charge in [0, 0.05) is 23.7 Å². The second kappa shape index (κ2) is 13.4. The van der Waals surface area contributed by atoms with Gasteiger partial charge in [-0.05, 0) is 84.3 Å². The number of hydrogen-bond donors (Lipinski definition) is 3. The first-order valence-corrected chi connectivity index (χ1v) is 18.2. The largest absolute Gasteiger partial charge is 0.508 e. The lowest BCUT2D eigenvalue weighted by Crippen LogP contribution is -2.53. The van der Waals surface area contributed by atoms with Gasteiger partial charge in [0.15, 0.2) is 5.82 Å². The third-order valence-corrected chi connectivity index (χ3v) is 12.0. The number of aromatic nitrogens is 1. The summed E-state index contributed by atoms with van der Waals surface area (Å²) in [6.07, 6.45) is -1.80. The first-order valence-electron chi connectivity index (χ1n) is 17.5. The molecule has 3 N–H and O–H groups in total. The second-order valence-electron chi connectivity index (χ2n) is 14.3. The molecular weight excluding hydrogens is 760 g/mol. The van der Waals surface area contributed by atoms with Crippen molar-refractivity contribution in [1.82, 2.24) is 14.9 Å². The number of imide groups is 2. The molecule has 2 aliphatic carbocycles. The van der Waals surface area contributed by atoms with Crippen LogP contribution >= 0.6 is 23.2 Å². The third kappa shape index (κ3) is 5.91. The van der Waals surface area contributed by atoms with E-state index in [1.54, 1.807) is 48.5 Å².